The number of anilines is 1. The first kappa shape index (κ1) is 20.2. The molecule has 0 heterocycles. The van der Waals surface area contributed by atoms with Gasteiger partial charge in [-0.1, -0.05) is 6.07 Å². The molecule has 2 aromatic rings. The normalized spacial score (nSPS) is 10.1. The molecular weight excluding hydrogens is 348 g/mol. The van der Waals surface area contributed by atoms with Gasteiger partial charge in [0.15, 0.2) is 11.5 Å². The van der Waals surface area contributed by atoms with Gasteiger partial charge in [-0.3, -0.25) is 4.79 Å². The number of ether oxygens (including phenoxy) is 4. The van der Waals surface area contributed by atoms with Crippen molar-refractivity contribution in [3.05, 3.63) is 42.0 Å². The number of carbonyl (C=O) groups is 1. The molecule has 2 rings (SSSR count). The second kappa shape index (κ2) is 10.2. The summed E-state index contributed by atoms with van der Waals surface area (Å²) in [5.74, 6) is 2.56. The van der Waals surface area contributed by atoms with Gasteiger partial charge < -0.3 is 29.6 Å². The highest BCUT2D eigenvalue weighted by molar-refractivity contribution is 5.81. The largest absolute Gasteiger partial charge is 0.497 e. The van der Waals surface area contributed by atoms with Crippen molar-refractivity contribution >= 4 is 11.6 Å². The van der Waals surface area contributed by atoms with Gasteiger partial charge in [-0.15, -0.1) is 0 Å². The first-order valence-electron chi connectivity index (χ1n) is 8.54. The fourth-order valence-electron chi connectivity index (χ4n) is 2.56. The van der Waals surface area contributed by atoms with Crippen molar-refractivity contribution < 1.29 is 23.7 Å². The summed E-state index contributed by atoms with van der Waals surface area (Å²) in [7, 11) is 6.36. The first-order chi connectivity index (χ1) is 13.1. The number of hydrogen-bond acceptors (Lipinski definition) is 6. The van der Waals surface area contributed by atoms with Crippen molar-refractivity contribution in [1.82, 2.24) is 5.32 Å². The Labute approximate surface area is 159 Å². The van der Waals surface area contributed by atoms with Gasteiger partial charge in [-0.05, 0) is 36.2 Å². The van der Waals surface area contributed by atoms with Crippen LogP contribution in [0.25, 0.3) is 0 Å². The molecule has 0 saturated heterocycles. The zero-order valence-electron chi connectivity index (χ0n) is 16.1. The van der Waals surface area contributed by atoms with Gasteiger partial charge >= 0.3 is 0 Å². The molecule has 0 aliphatic carbocycles. The molecule has 27 heavy (non-hydrogen) atoms. The summed E-state index contributed by atoms with van der Waals surface area (Å²) in [5, 5.41) is 5.96. The number of carbonyl (C=O) groups excluding carboxylic acids is 1. The van der Waals surface area contributed by atoms with Crippen molar-refractivity contribution in [3.8, 4) is 23.0 Å². The Morgan fingerprint density at radius 3 is 2.26 bits per heavy atom. The van der Waals surface area contributed by atoms with Gasteiger partial charge in [0.1, 0.15) is 11.5 Å². The van der Waals surface area contributed by atoms with Crippen LogP contribution < -0.4 is 29.6 Å². The number of nitrogens with one attached hydrogen (secondary N) is 2. The van der Waals surface area contributed by atoms with E-state index < -0.39 is 0 Å². The fourth-order valence-corrected chi connectivity index (χ4v) is 2.56. The Kier molecular flexibility index (Phi) is 7.61. The lowest BCUT2D eigenvalue weighted by Gasteiger charge is -2.13. The quantitative estimate of drug-likeness (QED) is 0.665. The first-order valence-corrected chi connectivity index (χ1v) is 8.54. The van der Waals surface area contributed by atoms with Gasteiger partial charge in [-0.25, -0.2) is 0 Å². The highest BCUT2D eigenvalue weighted by atomic mass is 16.5. The summed E-state index contributed by atoms with van der Waals surface area (Å²) in [6.45, 7) is 0.671. The molecule has 1 amide bonds. The van der Waals surface area contributed by atoms with Crippen molar-refractivity contribution in [2.45, 2.75) is 6.42 Å². The van der Waals surface area contributed by atoms with Gasteiger partial charge in [0.2, 0.25) is 5.91 Å². The van der Waals surface area contributed by atoms with Crippen molar-refractivity contribution in [2.24, 2.45) is 0 Å². The standard InChI is InChI=1S/C20H26N2O5/c1-24-15-6-7-16(18(12-15)26-3)22-13-20(23)21-10-9-14-5-8-17(25-2)19(11-14)27-4/h5-8,11-12,22H,9-10,13H2,1-4H3,(H,21,23). The van der Waals surface area contributed by atoms with E-state index in [0.717, 1.165) is 11.3 Å². The molecule has 0 radical (unpaired) electrons. The summed E-state index contributed by atoms with van der Waals surface area (Å²) in [6, 6.07) is 11.1. The molecule has 0 saturated carbocycles. The average Bonchev–Trinajstić information content (AvgIpc) is 2.71. The minimum absolute atomic E-state index is 0.103. The molecule has 0 spiro atoms. The third kappa shape index (κ3) is 5.70. The predicted octanol–water partition coefficient (Wildman–Crippen LogP) is 2.49. The lowest BCUT2D eigenvalue weighted by atomic mass is 10.1. The highest BCUT2D eigenvalue weighted by Gasteiger charge is 2.08. The van der Waals surface area contributed by atoms with E-state index in [4.69, 9.17) is 18.9 Å². The molecule has 0 aromatic heterocycles. The molecule has 0 aliphatic rings. The van der Waals surface area contributed by atoms with E-state index in [1.165, 1.54) is 0 Å². The summed E-state index contributed by atoms with van der Waals surface area (Å²) in [4.78, 5) is 12.1. The molecule has 0 unspecified atom stereocenters. The fraction of sp³-hybridized carbons (Fsp3) is 0.350. The van der Waals surface area contributed by atoms with Crippen LogP contribution in [0.15, 0.2) is 36.4 Å². The van der Waals surface area contributed by atoms with Crippen molar-refractivity contribution in [1.29, 1.82) is 0 Å². The zero-order valence-corrected chi connectivity index (χ0v) is 16.1. The van der Waals surface area contributed by atoms with E-state index in [1.54, 1.807) is 40.6 Å². The molecule has 2 aromatic carbocycles. The summed E-state index contributed by atoms with van der Waals surface area (Å²) in [6.07, 6.45) is 0.692. The van der Waals surface area contributed by atoms with Crippen molar-refractivity contribution in [3.63, 3.8) is 0 Å². The smallest absolute Gasteiger partial charge is 0.239 e. The number of rotatable bonds is 10. The summed E-state index contributed by atoms with van der Waals surface area (Å²) >= 11 is 0. The lowest BCUT2D eigenvalue weighted by molar-refractivity contribution is -0.119. The third-order valence-electron chi connectivity index (χ3n) is 4.03. The second-order valence-electron chi connectivity index (χ2n) is 5.71. The van der Waals surface area contributed by atoms with E-state index >= 15 is 0 Å². The monoisotopic (exact) mass is 374 g/mol. The molecule has 0 atom stereocenters. The minimum Gasteiger partial charge on any atom is -0.497 e. The summed E-state index contributed by atoms with van der Waals surface area (Å²) in [5.41, 5.74) is 1.78. The zero-order chi connectivity index (χ0) is 19.6. The maximum atomic E-state index is 12.1. The average molecular weight is 374 g/mol. The van der Waals surface area contributed by atoms with Crippen LogP contribution in [0.2, 0.25) is 0 Å². The van der Waals surface area contributed by atoms with Crippen LogP contribution in [-0.4, -0.2) is 47.4 Å². The van der Waals surface area contributed by atoms with Gasteiger partial charge in [0, 0.05) is 12.6 Å². The Balaban J connectivity index is 1.81. The van der Waals surface area contributed by atoms with Crippen LogP contribution in [0.5, 0.6) is 23.0 Å². The Hall–Kier alpha value is -3.09. The van der Waals surface area contributed by atoms with Crippen molar-refractivity contribution in [2.75, 3.05) is 46.8 Å². The molecular formula is C20H26N2O5. The Morgan fingerprint density at radius 2 is 1.59 bits per heavy atom. The van der Waals surface area contributed by atoms with Crippen LogP contribution in [-0.2, 0) is 11.2 Å². The van der Waals surface area contributed by atoms with Crippen LogP contribution in [0.3, 0.4) is 0 Å². The summed E-state index contributed by atoms with van der Waals surface area (Å²) < 4.78 is 21.0. The van der Waals surface area contributed by atoms with Crippen LogP contribution in [0.1, 0.15) is 5.56 Å². The third-order valence-corrected chi connectivity index (χ3v) is 4.03. The predicted molar refractivity (Wildman–Crippen MR) is 104 cm³/mol. The van der Waals surface area contributed by atoms with Gasteiger partial charge in [0.05, 0.1) is 40.7 Å². The topological polar surface area (TPSA) is 78.1 Å². The Morgan fingerprint density at radius 1 is 0.852 bits per heavy atom. The van der Waals surface area contributed by atoms with Crippen LogP contribution in [0, 0.1) is 0 Å². The van der Waals surface area contributed by atoms with E-state index in [-0.39, 0.29) is 12.5 Å². The van der Waals surface area contributed by atoms with E-state index in [1.807, 2.05) is 24.3 Å². The van der Waals surface area contributed by atoms with E-state index in [0.29, 0.717) is 36.0 Å². The highest BCUT2D eigenvalue weighted by Crippen LogP contribution is 2.29. The van der Waals surface area contributed by atoms with Crippen LogP contribution in [0.4, 0.5) is 5.69 Å². The molecule has 7 heteroatoms. The van der Waals surface area contributed by atoms with Gasteiger partial charge in [-0.2, -0.15) is 0 Å². The SMILES string of the molecule is COc1ccc(NCC(=O)NCCc2ccc(OC)c(OC)c2)c(OC)c1. The molecule has 0 aliphatic heterocycles. The molecule has 7 nitrogen and oxygen atoms in total. The second-order valence-corrected chi connectivity index (χ2v) is 5.71. The molecule has 2 N–H and O–H groups in total. The van der Waals surface area contributed by atoms with E-state index in [2.05, 4.69) is 10.6 Å². The number of hydrogen-bond donors (Lipinski definition) is 2. The molecule has 146 valence electrons. The number of methoxy groups -OCH3 is 4. The van der Waals surface area contributed by atoms with Crippen LogP contribution >= 0.6 is 0 Å². The van der Waals surface area contributed by atoms with Gasteiger partial charge in [0.25, 0.3) is 0 Å². The lowest BCUT2D eigenvalue weighted by Crippen LogP contribution is -2.31. The maximum Gasteiger partial charge on any atom is 0.239 e. The molecule has 0 bridgehead atoms. The minimum atomic E-state index is -0.103. The number of amides is 1. The maximum absolute atomic E-state index is 12.1. The molecule has 0 fully saturated rings. The number of benzene rings is 2. The Bertz CT molecular complexity index is 764. The van der Waals surface area contributed by atoms with E-state index in [9.17, 15) is 4.79 Å².